The van der Waals surface area contributed by atoms with Crippen molar-refractivity contribution in [2.24, 2.45) is 0 Å². The number of ether oxygens (including phenoxy) is 1. The number of hydrogen-bond donors (Lipinski definition) is 1. The van der Waals surface area contributed by atoms with E-state index in [4.69, 9.17) is 16.3 Å². The van der Waals surface area contributed by atoms with Gasteiger partial charge in [-0.05, 0) is 6.92 Å². The van der Waals surface area contributed by atoms with Crippen LogP contribution >= 0.6 is 11.6 Å². The smallest absolute Gasteiger partial charge is 0.229 e. The average Bonchev–Trinajstić information content (AvgIpc) is 2.84. The minimum atomic E-state index is -3.63. The molecule has 0 aliphatic carbocycles. The SMILES string of the molecule is COc1cc(NS(C)(=O)=O)c(F)cc1-n1nc(C)c2cnc(Cl)cc21. The predicted molar refractivity (Wildman–Crippen MR) is 93.6 cm³/mol. The number of sulfonamides is 1. The number of aromatic nitrogens is 3. The molecule has 0 aliphatic heterocycles. The van der Waals surface area contributed by atoms with Gasteiger partial charge in [-0.25, -0.2) is 22.5 Å². The van der Waals surface area contributed by atoms with Crippen LogP contribution in [0.1, 0.15) is 5.69 Å². The number of nitrogens with one attached hydrogen (secondary N) is 1. The molecule has 1 aromatic carbocycles. The first-order chi connectivity index (χ1) is 11.7. The third kappa shape index (κ3) is 3.38. The monoisotopic (exact) mass is 384 g/mol. The van der Waals surface area contributed by atoms with Crippen LogP contribution in [0.5, 0.6) is 5.75 Å². The summed E-state index contributed by atoms with van der Waals surface area (Å²) in [4.78, 5) is 4.02. The number of rotatable bonds is 4. The Hall–Kier alpha value is -2.39. The maximum absolute atomic E-state index is 14.4. The lowest BCUT2D eigenvalue weighted by atomic mass is 10.2. The maximum atomic E-state index is 14.4. The van der Waals surface area contributed by atoms with Gasteiger partial charge in [0.05, 0.1) is 30.3 Å². The van der Waals surface area contributed by atoms with E-state index in [0.29, 0.717) is 16.9 Å². The molecule has 10 heteroatoms. The van der Waals surface area contributed by atoms with E-state index < -0.39 is 15.8 Å². The number of fused-ring (bicyclic) bond motifs is 1. The van der Waals surface area contributed by atoms with E-state index in [-0.39, 0.29) is 16.6 Å². The standard InChI is InChI=1S/C15H14ClFN4O3S/c1-8-9-7-18-15(16)6-12(9)21(19-8)13-4-10(17)11(5-14(13)24-2)20-25(3,22)23/h4-7,20H,1-3H3. The van der Waals surface area contributed by atoms with Gasteiger partial charge in [-0.3, -0.25) is 4.72 Å². The van der Waals surface area contributed by atoms with Gasteiger partial charge in [-0.2, -0.15) is 5.10 Å². The van der Waals surface area contributed by atoms with Gasteiger partial charge >= 0.3 is 0 Å². The summed E-state index contributed by atoms with van der Waals surface area (Å²) in [6.45, 7) is 1.79. The van der Waals surface area contributed by atoms with Crippen LogP contribution < -0.4 is 9.46 Å². The Morgan fingerprint density at radius 2 is 2.04 bits per heavy atom. The summed E-state index contributed by atoms with van der Waals surface area (Å²) in [6.07, 6.45) is 2.52. The molecular formula is C15H14ClFN4O3S. The van der Waals surface area contributed by atoms with Crippen LogP contribution in [-0.4, -0.2) is 36.5 Å². The second-order valence-electron chi connectivity index (χ2n) is 5.40. The average molecular weight is 385 g/mol. The first-order valence-electron chi connectivity index (χ1n) is 7.06. The van der Waals surface area contributed by atoms with E-state index >= 15 is 0 Å². The zero-order chi connectivity index (χ0) is 18.4. The Balaban J connectivity index is 2.24. The number of hydrogen-bond acceptors (Lipinski definition) is 5. The number of pyridine rings is 1. The fourth-order valence-corrected chi connectivity index (χ4v) is 3.17. The minimum absolute atomic E-state index is 0.212. The molecule has 7 nitrogen and oxygen atoms in total. The number of benzene rings is 1. The summed E-state index contributed by atoms with van der Waals surface area (Å²) in [5.74, 6) is -0.521. The molecule has 0 radical (unpaired) electrons. The second kappa shape index (κ2) is 6.16. The first kappa shape index (κ1) is 17.4. The zero-order valence-electron chi connectivity index (χ0n) is 13.5. The second-order valence-corrected chi connectivity index (χ2v) is 7.54. The van der Waals surface area contributed by atoms with Crippen molar-refractivity contribution in [2.75, 3.05) is 18.1 Å². The van der Waals surface area contributed by atoms with Crippen molar-refractivity contribution in [3.05, 3.63) is 41.1 Å². The van der Waals surface area contributed by atoms with Crippen LogP contribution in [0.4, 0.5) is 10.1 Å². The Morgan fingerprint density at radius 1 is 1.32 bits per heavy atom. The fraction of sp³-hybridized carbons (Fsp3) is 0.200. The van der Waals surface area contributed by atoms with Crippen LogP contribution in [0.2, 0.25) is 5.15 Å². The maximum Gasteiger partial charge on any atom is 0.229 e. The number of methoxy groups -OCH3 is 1. The highest BCUT2D eigenvalue weighted by atomic mass is 35.5. The van der Waals surface area contributed by atoms with Crippen LogP contribution in [-0.2, 0) is 10.0 Å². The summed E-state index contributed by atoms with van der Waals surface area (Å²) in [7, 11) is -2.24. The minimum Gasteiger partial charge on any atom is -0.494 e. The zero-order valence-corrected chi connectivity index (χ0v) is 15.1. The highest BCUT2D eigenvalue weighted by Crippen LogP contribution is 2.32. The Morgan fingerprint density at radius 3 is 2.68 bits per heavy atom. The van der Waals surface area contributed by atoms with Crippen molar-refractivity contribution >= 4 is 38.2 Å². The molecule has 0 amide bonds. The van der Waals surface area contributed by atoms with Crippen molar-refractivity contribution in [1.29, 1.82) is 0 Å². The molecule has 0 bridgehead atoms. The lowest BCUT2D eigenvalue weighted by Crippen LogP contribution is -2.12. The van der Waals surface area contributed by atoms with E-state index in [1.807, 2.05) is 0 Å². The number of nitrogens with zero attached hydrogens (tertiary/aromatic N) is 3. The van der Waals surface area contributed by atoms with Crippen LogP contribution in [0, 0.1) is 12.7 Å². The molecule has 2 heterocycles. The molecule has 0 saturated heterocycles. The van der Waals surface area contributed by atoms with Gasteiger partial charge in [-0.15, -0.1) is 0 Å². The molecule has 1 N–H and O–H groups in total. The van der Waals surface area contributed by atoms with E-state index in [1.165, 1.54) is 17.9 Å². The highest BCUT2D eigenvalue weighted by Gasteiger charge is 2.18. The van der Waals surface area contributed by atoms with E-state index in [2.05, 4.69) is 14.8 Å². The molecule has 0 saturated carbocycles. The summed E-state index contributed by atoms with van der Waals surface area (Å²) >= 11 is 5.96. The van der Waals surface area contributed by atoms with E-state index in [1.54, 1.807) is 19.2 Å². The van der Waals surface area contributed by atoms with Crippen LogP contribution in [0.25, 0.3) is 16.6 Å². The molecule has 2 aromatic heterocycles. The van der Waals surface area contributed by atoms with Gasteiger partial charge < -0.3 is 4.74 Å². The van der Waals surface area contributed by atoms with Crippen molar-refractivity contribution in [3.63, 3.8) is 0 Å². The molecule has 0 fully saturated rings. The van der Waals surface area contributed by atoms with Crippen molar-refractivity contribution in [3.8, 4) is 11.4 Å². The molecule has 0 atom stereocenters. The van der Waals surface area contributed by atoms with Crippen molar-refractivity contribution < 1.29 is 17.5 Å². The summed E-state index contributed by atoms with van der Waals surface area (Å²) < 4.78 is 46.0. The van der Waals surface area contributed by atoms with Gasteiger partial charge in [-0.1, -0.05) is 11.6 Å². The van der Waals surface area contributed by atoms with E-state index in [9.17, 15) is 12.8 Å². The summed E-state index contributed by atoms with van der Waals surface area (Å²) in [6, 6.07) is 4.01. The van der Waals surface area contributed by atoms with Gasteiger partial charge in [0, 0.05) is 29.8 Å². The Labute approximate surface area is 148 Å². The predicted octanol–water partition coefficient (Wildman–Crippen LogP) is 2.90. The van der Waals surface area contributed by atoms with Gasteiger partial charge in [0.25, 0.3) is 0 Å². The number of halogens is 2. The topological polar surface area (TPSA) is 86.1 Å². The molecule has 3 rings (SSSR count). The largest absolute Gasteiger partial charge is 0.494 e. The molecule has 0 spiro atoms. The van der Waals surface area contributed by atoms with Gasteiger partial charge in [0.2, 0.25) is 10.0 Å². The van der Waals surface area contributed by atoms with Crippen molar-refractivity contribution in [2.45, 2.75) is 6.92 Å². The molecule has 25 heavy (non-hydrogen) atoms. The molecule has 3 aromatic rings. The number of aryl methyl sites for hydroxylation is 1. The van der Waals surface area contributed by atoms with E-state index in [0.717, 1.165) is 17.7 Å². The Kier molecular flexibility index (Phi) is 4.29. The third-order valence-electron chi connectivity index (χ3n) is 3.51. The fourth-order valence-electron chi connectivity index (χ4n) is 2.47. The quantitative estimate of drug-likeness (QED) is 0.699. The summed E-state index contributed by atoms with van der Waals surface area (Å²) in [5, 5.41) is 5.41. The lowest BCUT2D eigenvalue weighted by molar-refractivity contribution is 0.411. The first-order valence-corrected chi connectivity index (χ1v) is 9.33. The number of anilines is 1. The van der Waals surface area contributed by atoms with Crippen LogP contribution in [0.3, 0.4) is 0 Å². The van der Waals surface area contributed by atoms with Crippen LogP contribution in [0.15, 0.2) is 24.4 Å². The van der Waals surface area contributed by atoms with Gasteiger partial charge in [0.1, 0.15) is 22.4 Å². The molecule has 0 aliphatic rings. The molecular weight excluding hydrogens is 371 g/mol. The summed E-state index contributed by atoms with van der Waals surface area (Å²) in [5.41, 5.74) is 1.40. The molecule has 132 valence electrons. The molecule has 0 unspecified atom stereocenters. The third-order valence-corrected chi connectivity index (χ3v) is 4.31. The van der Waals surface area contributed by atoms with Crippen molar-refractivity contribution in [1.82, 2.24) is 14.8 Å². The normalized spacial score (nSPS) is 11.7. The lowest BCUT2D eigenvalue weighted by Gasteiger charge is -2.13. The van der Waals surface area contributed by atoms with Gasteiger partial charge in [0.15, 0.2) is 0 Å². The highest BCUT2D eigenvalue weighted by molar-refractivity contribution is 7.92. The Bertz CT molecular complexity index is 1080.